The molecule has 0 atom stereocenters. The maximum absolute atomic E-state index is 12.3. The number of benzene rings is 2. The highest BCUT2D eigenvalue weighted by Gasteiger charge is 2.12. The molecule has 0 aliphatic rings. The van der Waals surface area contributed by atoms with Crippen molar-refractivity contribution >= 4 is 45.6 Å². The molecule has 0 saturated heterocycles. The number of pyridine rings is 1. The summed E-state index contributed by atoms with van der Waals surface area (Å²) in [7, 11) is 0. The van der Waals surface area contributed by atoms with Crippen molar-refractivity contribution in [2.45, 2.75) is 6.42 Å². The Kier molecular flexibility index (Phi) is 4.27. The molecule has 0 saturated carbocycles. The molecule has 3 nitrogen and oxygen atoms in total. The zero-order valence-electron chi connectivity index (χ0n) is 11.5. The molecule has 1 amide bonds. The predicted octanol–water partition coefficient (Wildman–Crippen LogP) is 4.72. The van der Waals surface area contributed by atoms with Crippen LogP contribution in [0.1, 0.15) is 5.56 Å². The van der Waals surface area contributed by atoms with Crippen LogP contribution in [-0.2, 0) is 11.2 Å². The van der Waals surface area contributed by atoms with E-state index in [1.807, 2.05) is 24.3 Å². The lowest BCUT2D eigenvalue weighted by atomic mass is 10.1. The smallest absolute Gasteiger partial charge is 0.228 e. The Hall–Kier alpha value is -2.10. The summed E-state index contributed by atoms with van der Waals surface area (Å²) < 4.78 is 0. The number of carbonyl (C=O) groups excluding carboxylic acids is 1. The Morgan fingerprint density at radius 3 is 2.55 bits per heavy atom. The standard InChI is InChI=1S/C17H12Cl2N2O/c18-14-4-2-5-15(19)13(14)9-17(22)21-16-6-1-3-11-10-20-8-7-12(11)16/h1-8,10H,9H2,(H,21,22). The number of nitrogens with one attached hydrogen (secondary N) is 1. The van der Waals surface area contributed by atoms with Crippen LogP contribution in [0.4, 0.5) is 5.69 Å². The van der Waals surface area contributed by atoms with E-state index in [9.17, 15) is 4.79 Å². The molecule has 0 radical (unpaired) electrons. The van der Waals surface area contributed by atoms with Crippen LogP contribution in [0, 0.1) is 0 Å². The second-order valence-corrected chi connectivity index (χ2v) is 5.64. The number of halogens is 2. The van der Waals surface area contributed by atoms with Crippen molar-refractivity contribution in [2.75, 3.05) is 5.32 Å². The summed E-state index contributed by atoms with van der Waals surface area (Å²) in [4.78, 5) is 16.4. The Balaban J connectivity index is 1.85. The molecule has 3 rings (SSSR count). The first-order chi connectivity index (χ1) is 10.6. The van der Waals surface area contributed by atoms with Gasteiger partial charge in [0.15, 0.2) is 0 Å². The molecule has 0 unspecified atom stereocenters. The highest BCUT2D eigenvalue weighted by Crippen LogP contribution is 2.26. The Labute approximate surface area is 137 Å². The minimum absolute atomic E-state index is 0.125. The minimum atomic E-state index is -0.167. The van der Waals surface area contributed by atoms with Crippen LogP contribution in [0.25, 0.3) is 10.8 Å². The fourth-order valence-corrected chi connectivity index (χ4v) is 2.82. The number of rotatable bonds is 3. The number of nitrogens with zero attached hydrogens (tertiary/aromatic N) is 1. The van der Waals surface area contributed by atoms with Crippen LogP contribution < -0.4 is 5.32 Å². The summed E-state index contributed by atoms with van der Waals surface area (Å²) in [6.45, 7) is 0. The van der Waals surface area contributed by atoms with Gasteiger partial charge < -0.3 is 5.32 Å². The zero-order valence-corrected chi connectivity index (χ0v) is 13.0. The Morgan fingerprint density at radius 1 is 1.05 bits per heavy atom. The van der Waals surface area contributed by atoms with Crippen LogP contribution in [0.5, 0.6) is 0 Å². The van der Waals surface area contributed by atoms with E-state index in [-0.39, 0.29) is 12.3 Å². The van der Waals surface area contributed by atoms with Crippen LogP contribution in [0.2, 0.25) is 10.0 Å². The Bertz CT molecular complexity index is 823. The van der Waals surface area contributed by atoms with Crippen molar-refractivity contribution in [2.24, 2.45) is 0 Å². The largest absolute Gasteiger partial charge is 0.325 e. The molecule has 5 heteroatoms. The summed E-state index contributed by atoms with van der Waals surface area (Å²) in [6, 6.07) is 12.7. The van der Waals surface area contributed by atoms with Gasteiger partial charge in [-0.3, -0.25) is 9.78 Å². The molecule has 2 aromatic carbocycles. The third-order valence-electron chi connectivity index (χ3n) is 3.35. The lowest BCUT2D eigenvalue weighted by Crippen LogP contribution is -2.15. The maximum Gasteiger partial charge on any atom is 0.228 e. The van der Waals surface area contributed by atoms with Crippen molar-refractivity contribution in [1.82, 2.24) is 4.98 Å². The number of hydrogen-bond donors (Lipinski definition) is 1. The third kappa shape index (κ3) is 3.06. The molecule has 1 aromatic heterocycles. The molecule has 0 aliphatic heterocycles. The summed E-state index contributed by atoms with van der Waals surface area (Å²) in [5.74, 6) is -0.167. The van der Waals surface area contributed by atoms with E-state index in [4.69, 9.17) is 23.2 Å². The van der Waals surface area contributed by atoms with Gasteiger partial charge in [-0.05, 0) is 29.8 Å². The quantitative estimate of drug-likeness (QED) is 0.754. The molecule has 0 spiro atoms. The molecule has 0 bridgehead atoms. The van der Waals surface area contributed by atoms with E-state index in [2.05, 4.69) is 10.3 Å². The van der Waals surface area contributed by atoms with Crippen LogP contribution in [0.3, 0.4) is 0 Å². The van der Waals surface area contributed by atoms with E-state index >= 15 is 0 Å². The van der Waals surface area contributed by atoms with Crippen molar-refractivity contribution in [3.05, 3.63) is 70.5 Å². The molecular formula is C17H12Cl2N2O. The number of fused-ring (bicyclic) bond motifs is 1. The number of aromatic nitrogens is 1. The third-order valence-corrected chi connectivity index (χ3v) is 4.06. The van der Waals surface area contributed by atoms with Gasteiger partial charge in [-0.25, -0.2) is 0 Å². The monoisotopic (exact) mass is 330 g/mol. The van der Waals surface area contributed by atoms with Gasteiger partial charge in [-0.2, -0.15) is 0 Å². The second-order valence-electron chi connectivity index (χ2n) is 4.83. The topological polar surface area (TPSA) is 42.0 Å². The predicted molar refractivity (Wildman–Crippen MR) is 90.5 cm³/mol. The first-order valence-corrected chi connectivity index (χ1v) is 7.46. The van der Waals surface area contributed by atoms with Gasteiger partial charge in [0.2, 0.25) is 5.91 Å². The van der Waals surface area contributed by atoms with E-state index in [0.29, 0.717) is 15.6 Å². The van der Waals surface area contributed by atoms with E-state index in [1.165, 1.54) is 0 Å². The highest BCUT2D eigenvalue weighted by atomic mass is 35.5. The highest BCUT2D eigenvalue weighted by molar-refractivity contribution is 6.36. The van der Waals surface area contributed by atoms with Gasteiger partial charge in [0.05, 0.1) is 6.42 Å². The van der Waals surface area contributed by atoms with Gasteiger partial charge in [0.25, 0.3) is 0 Å². The van der Waals surface area contributed by atoms with Gasteiger partial charge in [0.1, 0.15) is 0 Å². The summed E-state index contributed by atoms with van der Waals surface area (Å²) >= 11 is 12.2. The molecular weight excluding hydrogens is 319 g/mol. The summed E-state index contributed by atoms with van der Waals surface area (Å²) in [6.07, 6.45) is 3.58. The molecule has 1 N–H and O–H groups in total. The van der Waals surface area contributed by atoms with Crippen molar-refractivity contribution < 1.29 is 4.79 Å². The number of hydrogen-bond acceptors (Lipinski definition) is 2. The minimum Gasteiger partial charge on any atom is -0.325 e. The maximum atomic E-state index is 12.3. The molecule has 0 aliphatic carbocycles. The fraction of sp³-hybridized carbons (Fsp3) is 0.0588. The van der Waals surface area contributed by atoms with Crippen LogP contribution in [-0.4, -0.2) is 10.9 Å². The van der Waals surface area contributed by atoms with Crippen molar-refractivity contribution in [1.29, 1.82) is 0 Å². The lowest BCUT2D eigenvalue weighted by Gasteiger charge is -2.10. The van der Waals surface area contributed by atoms with E-state index in [1.54, 1.807) is 30.6 Å². The summed E-state index contributed by atoms with van der Waals surface area (Å²) in [5.41, 5.74) is 1.37. The fourth-order valence-electron chi connectivity index (χ4n) is 2.29. The van der Waals surface area contributed by atoms with Crippen molar-refractivity contribution in [3.63, 3.8) is 0 Å². The van der Waals surface area contributed by atoms with Gasteiger partial charge in [-0.1, -0.05) is 41.4 Å². The first-order valence-electron chi connectivity index (χ1n) is 6.70. The SMILES string of the molecule is O=C(Cc1c(Cl)cccc1Cl)Nc1cccc2cnccc12. The average Bonchev–Trinajstić information content (AvgIpc) is 2.51. The molecule has 22 heavy (non-hydrogen) atoms. The van der Waals surface area contributed by atoms with Gasteiger partial charge in [-0.15, -0.1) is 0 Å². The number of amides is 1. The summed E-state index contributed by atoms with van der Waals surface area (Å²) in [5, 5.41) is 5.79. The van der Waals surface area contributed by atoms with Crippen molar-refractivity contribution in [3.8, 4) is 0 Å². The first kappa shape index (κ1) is 14.8. The average molecular weight is 331 g/mol. The molecule has 1 heterocycles. The van der Waals surface area contributed by atoms with Crippen LogP contribution in [0.15, 0.2) is 54.9 Å². The second kappa shape index (κ2) is 6.34. The Morgan fingerprint density at radius 2 is 1.77 bits per heavy atom. The number of anilines is 1. The van der Waals surface area contributed by atoms with Gasteiger partial charge >= 0.3 is 0 Å². The van der Waals surface area contributed by atoms with Gasteiger partial charge in [0, 0.05) is 38.9 Å². The van der Waals surface area contributed by atoms with E-state index < -0.39 is 0 Å². The molecule has 3 aromatic rings. The zero-order chi connectivity index (χ0) is 15.5. The lowest BCUT2D eigenvalue weighted by molar-refractivity contribution is -0.115. The number of carbonyl (C=O) groups is 1. The van der Waals surface area contributed by atoms with Crippen LogP contribution >= 0.6 is 23.2 Å². The van der Waals surface area contributed by atoms with E-state index in [0.717, 1.165) is 16.5 Å². The molecule has 0 fully saturated rings. The molecule has 110 valence electrons. The normalized spacial score (nSPS) is 10.6.